The van der Waals surface area contributed by atoms with Crippen molar-refractivity contribution < 1.29 is 14.3 Å². The molecule has 2 rings (SSSR count). The van der Waals surface area contributed by atoms with Gasteiger partial charge in [-0.25, -0.2) is 0 Å². The molecule has 1 aromatic rings. The minimum atomic E-state index is -0.690. The highest BCUT2D eigenvalue weighted by atomic mass is 35.5. The Kier molecular flexibility index (Phi) is 2.92. The lowest BCUT2D eigenvalue weighted by Crippen LogP contribution is -2.25. The molecule has 1 aliphatic rings. The van der Waals surface area contributed by atoms with Crippen molar-refractivity contribution in [1.29, 1.82) is 0 Å². The average molecular weight is 242 g/mol. The maximum absolute atomic E-state index is 11.7. The summed E-state index contributed by atoms with van der Waals surface area (Å²) in [4.78, 5) is 13.1. The summed E-state index contributed by atoms with van der Waals surface area (Å²) < 4.78 is 10.4. The Morgan fingerprint density at radius 3 is 2.75 bits per heavy atom. The first-order chi connectivity index (χ1) is 7.59. The highest BCUT2D eigenvalue weighted by molar-refractivity contribution is 6.30. The van der Waals surface area contributed by atoms with E-state index >= 15 is 0 Å². The molecule has 4 nitrogen and oxygen atoms in total. The van der Waals surface area contributed by atoms with E-state index in [0.29, 0.717) is 17.1 Å². The number of carbonyl (C=O) groups is 1. The molecule has 1 aromatic carbocycles. The molecular formula is C11H12ClNO3. The monoisotopic (exact) mass is 241 g/mol. The number of halogens is 1. The third-order valence-corrected chi connectivity index (χ3v) is 2.79. The fourth-order valence-corrected chi connectivity index (χ4v) is 1.77. The van der Waals surface area contributed by atoms with Crippen LogP contribution in [0.5, 0.6) is 11.5 Å². The number of benzene rings is 1. The Morgan fingerprint density at radius 1 is 1.38 bits per heavy atom. The van der Waals surface area contributed by atoms with Gasteiger partial charge in [0.05, 0.1) is 0 Å². The Balaban J connectivity index is 2.24. The van der Waals surface area contributed by atoms with Crippen LogP contribution in [0.25, 0.3) is 0 Å². The summed E-state index contributed by atoms with van der Waals surface area (Å²) >= 11 is 6.07. The summed E-state index contributed by atoms with van der Waals surface area (Å²) in [7, 11) is 3.34. The van der Waals surface area contributed by atoms with E-state index in [9.17, 15) is 4.79 Å². The molecule has 1 unspecified atom stereocenters. The maximum atomic E-state index is 11.7. The van der Waals surface area contributed by atoms with Crippen molar-refractivity contribution in [2.75, 3.05) is 20.9 Å². The van der Waals surface area contributed by atoms with Crippen LogP contribution in [0, 0.1) is 0 Å². The third-order valence-electron chi connectivity index (χ3n) is 2.35. The standard InChI is InChI=1S/C11H12ClNO3/c1-13(2)11(14)10(12)7-3-4-8-9(5-7)16-6-15-8/h3-5,10H,6H2,1-2H3. The Bertz CT molecular complexity index is 420. The number of likely N-dealkylation sites (N-methyl/N-ethyl adjacent to an activating group) is 1. The number of carbonyl (C=O) groups excluding carboxylic acids is 1. The topological polar surface area (TPSA) is 38.8 Å². The molecule has 0 aromatic heterocycles. The van der Waals surface area contributed by atoms with E-state index < -0.39 is 5.38 Å². The summed E-state index contributed by atoms with van der Waals surface area (Å²) in [6.07, 6.45) is 0. The zero-order chi connectivity index (χ0) is 11.7. The summed E-state index contributed by atoms with van der Waals surface area (Å²) in [5, 5.41) is -0.690. The van der Waals surface area contributed by atoms with Crippen molar-refractivity contribution in [2.24, 2.45) is 0 Å². The SMILES string of the molecule is CN(C)C(=O)C(Cl)c1ccc2c(c1)OCO2. The molecule has 1 atom stereocenters. The zero-order valence-corrected chi connectivity index (χ0v) is 9.82. The second kappa shape index (κ2) is 4.22. The van der Waals surface area contributed by atoms with Crippen molar-refractivity contribution in [1.82, 2.24) is 4.90 Å². The Hall–Kier alpha value is -1.42. The van der Waals surface area contributed by atoms with E-state index in [-0.39, 0.29) is 12.7 Å². The lowest BCUT2D eigenvalue weighted by atomic mass is 10.1. The van der Waals surface area contributed by atoms with Gasteiger partial charge in [-0.05, 0) is 17.7 Å². The van der Waals surface area contributed by atoms with Crippen molar-refractivity contribution >= 4 is 17.5 Å². The fraction of sp³-hybridized carbons (Fsp3) is 0.364. The lowest BCUT2D eigenvalue weighted by molar-refractivity contribution is -0.128. The summed E-state index contributed by atoms with van der Waals surface area (Å²) in [6.45, 7) is 0.216. The van der Waals surface area contributed by atoms with Crippen LogP contribution in [-0.2, 0) is 4.79 Å². The van der Waals surface area contributed by atoms with Gasteiger partial charge in [-0.2, -0.15) is 0 Å². The van der Waals surface area contributed by atoms with Crippen LogP contribution in [0.1, 0.15) is 10.9 Å². The molecule has 1 amide bonds. The summed E-state index contributed by atoms with van der Waals surface area (Å²) in [5.41, 5.74) is 0.713. The lowest BCUT2D eigenvalue weighted by Gasteiger charge is -2.15. The molecule has 0 bridgehead atoms. The summed E-state index contributed by atoms with van der Waals surface area (Å²) in [6, 6.07) is 5.27. The number of hydrogen-bond donors (Lipinski definition) is 0. The normalized spacial score (nSPS) is 14.7. The minimum absolute atomic E-state index is 0.152. The Morgan fingerprint density at radius 2 is 2.06 bits per heavy atom. The average Bonchev–Trinajstić information content (AvgIpc) is 2.73. The number of ether oxygens (including phenoxy) is 2. The van der Waals surface area contributed by atoms with Crippen LogP contribution in [0.2, 0.25) is 0 Å². The molecule has 86 valence electrons. The number of hydrogen-bond acceptors (Lipinski definition) is 3. The van der Waals surface area contributed by atoms with Crippen LogP contribution in [0.15, 0.2) is 18.2 Å². The van der Waals surface area contributed by atoms with Crippen molar-refractivity contribution in [3.8, 4) is 11.5 Å². The highest BCUT2D eigenvalue weighted by Gasteiger charge is 2.22. The fourth-order valence-electron chi connectivity index (χ4n) is 1.44. The molecule has 1 heterocycles. The van der Waals surface area contributed by atoms with E-state index in [1.807, 2.05) is 0 Å². The van der Waals surface area contributed by atoms with E-state index in [1.54, 1.807) is 32.3 Å². The second-order valence-corrected chi connectivity index (χ2v) is 4.14. The molecule has 0 spiro atoms. The van der Waals surface area contributed by atoms with Gasteiger partial charge in [0.15, 0.2) is 11.5 Å². The van der Waals surface area contributed by atoms with Gasteiger partial charge in [-0.1, -0.05) is 6.07 Å². The highest BCUT2D eigenvalue weighted by Crippen LogP contribution is 2.35. The van der Waals surface area contributed by atoms with Crippen LogP contribution >= 0.6 is 11.6 Å². The minimum Gasteiger partial charge on any atom is -0.454 e. The number of amides is 1. The van der Waals surface area contributed by atoms with E-state index in [1.165, 1.54) is 4.90 Å². The van der Waals surface area contributed by atoms with Gasteiger partial charge in [0.25, 0.3) is 0 Å². The summed E-state index contributed by atoms with van der Waals surface area (Å²) in [5.74, 6) is 1.17. The zero-order valence-electron chi connectivity index (χ0n) is 9.07. The third kappa shape index (κ3) is 1.93. The molecule has 16 heavy (non-hydrogen) atoms. The molecule has 0 saturated carbocycles. The van der Waals surface area contributed by atoms with Crippen molar-refractivity contribution in [3.05, 3.63) is 23.8 Å². The molecular weight excluding hydrogens is 230 g/mol. The van der Waals surface area contributed by atoms with E-state index in [4.69, 9.17) is 21.1 Å². The van der Waals surface area contributed by atoms with Crippen LogP contribution in [0.3, 0.4) is 0 Å². The predicted octanol–water partition coefficient (Wildman–Crippen LogP) is 1.78. The van der Waals surface area contributed by atoms with E-state index in [2.05, 4.69) is 0 Å². The molecule has 0 N–H and O–H groups in total. The number of rotatable bonds is 2. The largest absolute Gasteiger partial charge is 0.454 e. The van der Waals surface area contributed by atoms with E-state index in [0.717, 1.165) is 0 Å². The quantitative estimate of drug-likeness (QED) is 0.741. The molecule has 0 fully saturated rings. The van der Waals surface area contributed by atoms with Crippen molar-refractivity contribution in [2.45, 2.75) is 5.38 Å². The van der Waals surface area contributed by atoms with Crippen LogP contribution < -0.4 is 9.47 Å². The first-order valence-corrected chi connectivity index (χ1v) is 5.28. The number of fused-ring (bicyclic) bond motifs is 1. The number of alkyl halides is 1. The van der Waals surface area contributed by atoms with Gasteiger partial charge in [0.2, 0.25) is 12.7 Å². The smallest absolute Gasteiger partial charge is 0.244 e. The van der Waals surface area contributed by atoms with Crippen LogP contribution in [-0.4, -0.2) is 31.7 Å². The molecule has 0 radical (unpaired) electrons. The first kappa shape index (κ1) is 11.1. The molecule has 5 heteroatoms. The van der Waals surface area contributed by atoms with Gasteiger partial charge < -0.3 is 14.4 Å². The molecule has 0 aliphatic carbocycles. The van der Waals surface area contributed by atoms with Gasteiger partial charge in [-0.3, -0.25) is 4.79 Å². The second-order valence-electron chi connectivity index (χ2n) is 3.71. The predicted molar refractivity (Wildman–Crippen MR) is 59.9 cm³/mol. The van der Waals surface area contributed by atoms with Gasteiger partial charge in [0, 0.05) is 14.1 Å². The molecule has 0 saturated heterocycles. The van der Waals surface area contributed by atoms with Gasteiger partial charge in [-0.15, -0.1) is 11.6 Å². The van der Waals surface area contributed by atoms with Gasteiger partial charge in [0.1, 0.15) is 5.38 Å². The number of nitrogens with zero attached hydrogens (tertiary/aromatic N) is 1. The Labute approximate surface area is 98.7 Å². The first-order valence-electron chi connectivity index (χ1n) is 4.84. The maximum Gasteiger partial charge on any atom is 0.244 e. The molecule has 1 aliphatic heterocycles. The van der Waals surface area contributed by atoms with Crippen molar-refractivity contribution in [3.63, 3.8) is 0 Å². The van der Waals surface area contributed by atoms with Gasteiger partial charge >= 0.3 is 0 Å². The van der Waals surface area contributed by atoms with Crippen LogP contribution in [0.4, 0.5) is 0 Å².